The third-order valence-corrected chi connectivity index (χ3v) is 3.82. The molecule has 0 radical (unpaired) electrons. The molecule has 1 rings (SSSR count). The number of hydrogen-bond acceptors (Lipinski definition) is 4. The van der Waals surface area contributed by atoms with Crippen molar-refractivity contribution < 1.29 is 13.2 Å². The van der Waals surface area contributed by atoms with Crippen LogP contribution in [0.1, 0.15) is 5.56 Å². The number of halogens is 1. The lowest BCUT2D eigenvalue weighted by Gasteiger charge is -2.13. The number of ether oxygens (including phenoxy) is 1. The van der Waals surface area contributed by atoms with Gasteiger partial charge in [-0.25, -0.2) is 8.42 Å². The van der Waals surface area contributed by atoms with Crippen LogP contribution in [-0.2, 0) is 14.8 Å². The van der Waals surface area contributed by atoms with Crippen LogP contribution in [0.15, 0.2) is 16.6 Å². The van der Waals surface area contributed by atoms with Gasteiger partial charge in [0.15, 0.2) is 0 Å². The van der Waals surface area contributed by atoms with Crippen molar-refractivity contribution in [2.75, 3.05) is 29.9 Å². The number of aryl methyl sites for hydroxylation is 1. The number of sulfonamides is 1. The Morgan fingerprint density at radius 2 is 2.12 bits per heavy atom. The Bertz CT molecular complexity index is 479. The van der Waals surface area contributed by atoms with E-state index < -0.39 is 10.0 Å². The van der Waals surface area contributed by atoms with Gasteiger partial charge in [-0.15, -0.1) is 0 Å². The minimum Gasteiger partial charge on any atom is -0.397 e. The summed E-state index contributed by atoms with van der Waals surface area (Å²) in [5, 5.41) is 0. The second-order valence-corrected chi connectivity index (χ2v) is 6.36. The summed E-state index contributed by atoms with van der Waals surface area (Å²) in [6.07, 6.45) is 0. The third-order valence-electron chi connectivity index (χ3n) is 2.14. The van der Waals surface area contributed by atoms with Gasteiger partial charge in [0.1, 0.15) is 0 Å². The maximum absolute atomic E-state index is 11.7. The highest BCUT2D eigenvalue weighted by molar-refractivity contribution is 9.10. The quantitative estimate of drug-likeness (QED) is 0.809. The Labute approximate surface area is 110 Å². The lowest BCUT2D eigenvalue weighted by molar-refractivity contribution is 0.217. The molecule has 0 aliphatic heterocycles. The second-order valence-electron chi connectivity index (χ2n) is 3.60. The van der Waals surface area contributed by atoms with Gasteiger partial charge in [-0.3, -0.25) is 4.72 Å². The zero-order chi connectivity index (χ0) is 13.1. The van der Waals surface area contributed by atoms with E-state index in [-0.39, 0.29) is 12.4 Å². The van der Waals surface area contributed by atoms with Crippen molar-refractivity contribution >= 4 is 37.3 Å². The van der Waals surface area contributed by atoms with E-state index in [9.17, 15) is 8.42 Å². The molecule has 0 atom stereocenters. The largest absolute Gasteiger partial charge is 0.397 e. The summed E-state index contributed by atoms with van der Waals surface area (Å²) < 4.78 is 31.4. The highest BCUT2D eigenvalue weighted by Gasteiger charge is 2.14. The van der Waals surface area contributed by atoms with Gasteiger partial charge >= 0.3 is 0 Å². The number of nitrogens with two attached hydrogens (primary N) is 1. The van der Waals surface area contributed by atoms with Crippen molar-refractivity contribution in [1.29, 1.82) is 0 Å². The molecule has 0 aliphatic carbocycles. The number of nitrogens with one attached hydrogen (secondary N) is 1. The summed E-state index contributed by atoms with van der Waals surface area (Å²) in [5.41, 5.74) is 7.34. The average molecular weight is 323 g/mol. The van der Waals surface area contributed by atoms with Crippen LogP contribution in [0.5, 0.6) is 0 Å². The molecular weight excluding hydrogens is 308 g/mol. The first-order valence-electron chi connectivity index (χ1n) is 4.91. The number of hydrogen-bond donors (Lipinski definition) is 2. The molecule has 0 amide bonds. The molecule has 5 nitrogen and oxygen atoms in total. The molecule has 0 aliphatic rings. The Hall–Kier alpha value is -0.790. The maximum atomic E-state index is 11.7. The predicted molar refractivity (Wildman–Crippen MR) is 72.6 cm³/mol. The number of rotatable bonds is 5. The average Bonchev–Trinajstić information content (AvgIpc) is 2.21. The minimum atomic E-state index is -3.42. The van der Waals surface area contributed by atoms with Gasteiger partial charge in [-0.2, -0.15) is 0 Å². The highest BCUT2D eigenvalue weighted by Crippen LogP contribution is 2.28. The Balaban J connectivity index is 2.96. The predicted octanol–water partition coefficient (Wildman–Crippen LogP) is 1.73. The fourth-order valence-electron chi connectivity index (χ4n) is 1.31. The van der Waals surface area contributed by atoms with Gasteiger partial charge in [0.25, 0.3) is 0 Å². The summed E-state index contributed by atoms with van der Waals surface area (Å²) in [5.74, 6) is -0.0988. The summed E-state index contributed by atoms with van der Waals surface area (Å²) in [7, 11) is -1.97. The molecule has 0 spiro atoms. The normalized spacial score (nSPS) is 11.5. The molecule has 1 aromatic rings. The Morgan fingerprint density at radius 1 is 1.47 bits per heavy atom. The molecular formula is C10H15BrN2O3S. The van der Waals surface area contributed by atoms with Crippen LogP contribution in [0.25, 0.3) is 0 Å². The topological polar surface area (TPSA) is 81.4 Å². The first-order valence-corrected chi connectivity index (χ1v) is 7.35. The molecule has 3 N–H and O–H groups in total. The molecule has 0 unspecified atom stereocenters. The van der Waals surface area contributed by atoms with Crippen molar-refractivity contribution in [1.82, 2.24) is 0 Å². The molecule has 96 valence electrons. The van der Waals surface area contributed by atoms with E-state index in [2.05, 4.69) is 20.7 Å². The van der Waals surface area contributed by atoms with Crippen molar-refractivity contribution in [2.24, 2.45) is 0 Å². The van der Waals surface area contributed by atoms with Crippen LogP contribution in [-0.4, -0.2) is 27.9 Å². The molecule has 0 bridgehead atoms. The van der Waals surface area contributed by atoms with Crippen LogP contribution >= 0.6 is 15.9 Å². The zero-order valence-electron chi connectivity index (χ0n) is 9.66. The summed E-state index contributed by atoms with van der Waals surface area (Å²) in [4.78, 5) is 0. The van der Waals surface area contributed by atoms with Gasteiger partial charge in [0.05, 0.1) is 23.7 Å². The smallest absolute Gasteiger partial charge is 0.235 e. The van der Waals surface area contributed by atoms with E-state index in [1.807, 2.05) is 0 Å². The zero-order valence-corrected chi connectivity index (χ0v) is 12.1. The molecule has 17 heavy (non-hydrogen) atoms. The summed E-state index contributed by atoms with van der Waals surface area (Å²) in [6.45, 7) is 1.93. The van der Waals surface area contributed by atoms with Gasteiger partial charge in [0.2, 0.25) is 10.0 Å². The number of benzene rings is 1. The van der Waals surface area contributed by atoms with Crippen molar-refractivity contribution in [3.63, 3.8) is 0 Å². The van der Waals surface area contributed by atoms with E-state index in [1.54, 1.807) is 19.1 Å². The SMILES string of the molecule is COCCS(=O)(=O)Nc1c(C)cc(Br)cc1N. The van der Waals surface area contributed by atoms with Crippen molar-refractivity contribution in [2.45, 2.75) is 6.92 Å². The van der Waals surface area contributed by atoms with Crippen LogP contribution in [0.3, 0.4) is 0 Å². The highest BCUT2D eigenvalue weighted by atomic mass is 79.9. The van der Waals surface area contributed by atoms with E-state index >= 15 is 0 Å². The molecule has 0 aromatic heterocycles. The Morgan fingerprint density at radius 3 is 2.65 bits per heavy atom. The van der Waals surface area contributed by atoms with Gasteiger partial charge in [0, 0.05) is 11.6 Å². The van der Waals surface area contributed by atoms with Gasteiger partial charge < -0.3 is 10.5 Å². The summed E-state index contributed by atoms with van der Waals surface area (Å²) in [6, 6.07) is 3.45. The summed E-state index contributed by atoms with van der Waals surface area (Å²) >= 11 is 3.29. The standard InChI is InChI=1S/C10H15BrN2O3S/c1-7-5-8(11)6-9(12)10(7)13-17(14,15)4-3-16-2/h5-6,13H,3-4,12H2,1-2H3. The van der Waals surface area contributed by atoms with Gasteiger partial charge in [-0.05, 0) is 24.6 Å². The molecule has 0 saturated carbocycles. The van der Waals surface area contributed by atoms with E-state index in [0.717, 1.165) is 10.0 Å². The molecule has 0 heterocycles. The molecule has 1 aromatic carbocycles. The third kappa shape index (κ3) is 4.18. The minimum absolute atomic E-state index is 0.0988. The lowest BCUT2D eigenvalue weighted by atomic mass is 10.2. The van der Waals surface area contributed by atoms with Crippen molar-refractivity contribution in [3.8, 4) is 0 Å². The fourth-order valence-corrected chi connectivity index (χ4v) is 2.98. The van der Waals surface area contributed by atoms with Crippen LogP contribution in [0.4, 0.5) is 11.4 Å². The molecule has 0 saturated heterocycles. The van der Waals surface area contributed by atoms with Crippen LogP contribution in [0, 0.1) is 6.92 Å². The first kappa shape index (κ1) is 14.3. The van der Waals surface area contributed by atoms with Crippen LogP contribution < -0.4 is 10.5 Å². The van der Waals surface area contributed by atoms with E-state index in [1.165, 1.54) is 7.11 Å². The fraction of sp³-hybridized carbons (Fsp3) is 0.400. The number of anilines is 2. The number of methoxy groups -OCH3 is 1. The monoisotopic (exact) mass is 322 g/mol. The van der Waals surface area contributed by atoms with E-state index in [4.69, 9.17) is 10.5 Å². The maximum Gasteiger partial charge on any atom is 0.235 e. The first-order chi connectivity index (χ1) is 7.85. The molecule has 7 heteroatoms. The lowest BCUT2D eigenvalue weighted by Crippen LogP contribution is -2.21. The van der Waals surface area contributed by atoms with Crippen LogP contribution in [0.2, 0.25) is 0 Å². The van der Waals surface area contributed by atoms with Crippen molar-refractivity contribution in [3.05, 3.63) is 22.2 Å². The van der Waals surface area contributed by atoms with Gasteiger partial charge in [-0.1, -0.05) is 15.9 Å². The molecule has 0 fully saturated rings. The number of nitrogen functional groups attached to an aromatic ring is 1. The Kier molecular flexibility index (Phi) is 4.79. The second kappa shape index (κ2) is 5.70. The van der Waals surface area contributed by atoms with E-state index in [0.29, 0.717) is 11.4 Å².